The van der Waals surface area contributed by atoms with Crippen LogP contribution in [-0.4, -0.2) is 30.7 Å². The van der Waals surface area contributed by atoms with E-state index < -0.39 is 0 Å². The van der Waals surface area contributed by atoms with Crippen molar-refractivity contribution in [3.05, 3.63) is 65.9 Å². The van der Waals surface area contributed by atoms with Gasteiger partial charge < -0.3 is 20.1 Å². The molecule has 1 heterocycles. The predicted octanol–water partition coefficient (Wildman–Crippen LogP) is 4.20. The van der Waals surface area contributed by atoms with E-state index in [1.807, 2.05) is 36.4 Å². The number of anilines is 3. The highest BCUT2D eigenvalue weighted by atomic mass is 16.5. The number of aryl methyl sites for hydroxylation is 1. The summed E-state index contributed by atoms with van der Waals surface area (Å²) in [5.41, 5.74) is 3.37. The van der Waals surface area contributed by atoms with Crippen LogP contribution < -0.4 is 20.1 Å². The Balaban J connectivity index is 1.57. The lowest BCUT2D eigenvalue weighted by Crippen LogP contribution is -2.09. The van der Waals surface area contributed by atoms with E-state index in [9.17, 15) is 0 Å². The van der Waals surface area contributed by atoms with Crippen LogP contribution in [0.1, 0.15) is 11.1 Å². The van der Waals surface area contributed by atoms with E-state index in [1.165, 1.54) is 5.56 Å². The number of methoxy groups -OCH3 is 2. The molecule has 0 radical (unpaired) electrons. The first-order valence-electron chi connectivity index (χ1n) is 8.79. The van der Waals surface area contributed by atoms with Gasteiger partial charge in [0.1, 0.15) is 5.82 Å². The fourth-order valence-electron chi connectivity index (χ4n) is 2.65. The largest absolute Gasteiger partial charge is 0.493 e. The minimum absolute atomic E-state index is 0.590. The Morgan fingerprint density at radius 2 is 1.70 bits per heavy atom. The molecule has 0 atom stereocenters. The Kier molecular flexibility index (Phi) is 6.10. The minimum Gasteiger partial charge on any atom is -0.493 e. The highest BCUT2D eigenvalue weighted by molar-refractivity contribution is 5.57. The number of nitrogens with zero attached hydrogens (tertiary/aromatic N) is 2. The maximum absolute atomic E-state index is 5.34. The smallest absolute Gasteiger partial charge is 0.224 e. The van der Waals surface area contributed by atoms with Crippen molar-refractivity contribution in [3.63, 3.8) is 0 Å². The maximum Gasteiger partial charge on any atom is 0.224 e. The average Bonchev–Trinajstić information content (AvgIpc) is 2.70. The van der Waals surface area contributed by atoms with Crippen molar-refractivity contribution < 1.29 is 9.47 Å². The van der Waals surface area contributed by atoms with Crippen LogP contribution in [0.4, 0.5) is 17.5 Å². The number of nitrogens with one attached hydrogen (secondary N) is 2. The molecule has 0 saturated heterocycles. The van der Waals surface area contributed by atoms with Crippen molar-refractivity contribution in [1.29, 1.82) is 0 Å². The standard InChI is InChI=1S/C21H24N4O2/c1-15-4-7-17(8-5-15)24-20-11-13-23-21(25-20)22-12-10-16-6-9-18(26-2)19(14-16)27-3/h4-9,11,13-14H,10,12H2,1-3H3,(H2,22,23,24,25). The van der Waals surface area contributed by atoms with Gasteiger partial charge in [0.15, 0.2) is 11.5 Å². The van der Waals surface area contributed by atoms with Crippen molar-refractivity contribution in [2.75, 3.05) is 31.4 Å². The number of aromatic nitrogens is 2. The van der Waals surface area contributed by atoms with Gasteiger partial charge in [0, 0.05) is 18.4 Å². The van der Waals surface area contributed by atoms with Crippen LogP contribution in [0, 0.1) is 6.92 Å². The molecule has 2 N–H and O–H groups in total. The first kappa shape index (κ1) is 18.5. The third-order valence-electron chi connectivity index (χ3n) is 4.12. The van der Waals surface area contributed by atoms with Crippen LogP contribution in [0.15, 0.2) is 54.7 Å². The molecule has 0 spiro atoms. The van der Waals surface area contributed by atoms with Gasteiger partial charge in [-0.25, -0.2) is 4.98 Å². The summed E-state index contributed by atoms with van der Waals surface area (Å²) in [5, 5.41) is 6.55. The van der Waals surface area contributed by atoms with Crippen LogP contribution >= 0.6 is 0 Å². The molecule has 0 saturated carbocycles. The summed E-state index contributed by atoms with van der Waals surface area (Å²) in [6.07, 6.45) is 2.56. The van der Waals surface area contributed by atoms with Gasteiger partial charge in [-0.05, 0) is 49.2 Å². The molecule has 3 aromatic rings. The van der Waals surface area contributed by atoms with E-state index in [2.05, 4.69) is 39.7 Å². The van der Waals surface area contributed by atoms with E-state index in [0.29, 0.717) is 12.5 Å². The second kappa shape index (κ2) is 8.89. The summed E-state index contributed by atoms with van der Waals surface area (Å²) in [6.45, 7) is 2.78. The molecule has 0 fully saturated rings. The third-order valence-corrected chi connectivity index (χ3v) is 4.12. The van der Waals surface area contributed by atoms with Crippen LogP contribution in [-0.2, 0) is 6.42 Å². The van der Waals surface area contributed by atoms with Crippen molar-refractivity contribution >= 4 is 17.5 Å². The Hall–Kier alpha value is -3.28. The fourth-order valence-corrected chi connectivity index (χ4v) is 2.65. The zero-order chi connectivity index (χ0) is 19.1. The van der Waals surface area contributed by atoms with E-state index in [1.54, 1.807) is 20.4 Å². The van der Waals surface area contributed by atoms with Crippen LogP contribution in [0.2, 0.25) is 0 Å². The first-order valence-corrected chi connectivity index (χ1v) is 8.79. The van der Waals surface area contributed by atoms with E-state index in [0.717, 1.165) is 35.0 Å². The SMILES string of the molecule is COc1ccc(CCNc2nccc(Nc3ccc(C)cc3)n2)cc1OC. The Morgan fingerprint density at radius 3 is 2.44 bits per heavy atom. The van der Waals surface area contributed by atoms with Gasteiger partial charge in [0.05, 0.1) is 14.2 Å². The molecule has 2 aromatic carbocycles. The fraction of sp³-hybridized carbons (Fsp3) is 0.238. The second-order valence-corrected chi connectivity index (χ2v) is 6.12. The molecule has 6 nitrogen and oxygen atoms in total. The number of hydrogen-bond donors (Lipinski definition) is 2. The lowest BCUT2D eigenvalue weighted by atomic mass is 10.1. The molecular formula is C21H24N4O2. The number of hydrogen-bond acceptors (Lipinski definition) is 6. The number of ether oxygens (including phenoxy) is 2. The zero-order valence-electron chi connectivity index (χ0n) is 15.8. The normalized spacial score (nSPS) is 10.3. The molecule has 6 heteroatoms. The first-order chi connectivity index (χ1) is 13.2. The van der Waals surface area contributed by atoms with Gasteiger partial charge >= 0.3 is 0 Å². The average molecular weight is 364 g/mol. The molecule has 0 aliphatic rings. The number of rotatable bonds is 8. The summed E-state index contributed by atoms with van der Waals surface area (Å²) in [4.78, 5) is 8.79. The number of benzene rings is 2. The van der Waals surface area contributed by atoms with Crippen molar-refractivity contribution in [2.45, 2.75) is 13.3 Å². The quantitative estimate of drug-likeness (QED) is 0.624. The minimum atomic E-state index is 0.590. The maximum atomic E-state index is 5.34. The molecule has 0 unspecified atom stereocenters. The molecular weight excluding hydrogens is 340 g/mol. The molecule has 3 rings (SSSR count). The summed E-state index contributed by atoms with van der Waals surface area (Å²) in [5.74, 6) is 2.80. The van der Waals surface area contributed by atoms with Gasteiger partial charge in [-0.15, -0.1) is 0 Å². The zero-order valence-corrected chi connectivity index (χ0v) is 15.8. The van der Waals surface area contributed by atoms with Crippen LogP contribution in [0.5, 0.6) is 11.5 Å². The topological polar surface area (TPSA) is 68.3 Å². The molecule has 0 bridgehead atoms. The second-order valence-electron chi connectivity index (χ2n) is 6.12. The molecule has 0 aliphatic heterocycles. The monoisotopic (exact) mass is 364 g/mol. The van der Waals surface area contributed by atoms with Crippen LogP contribution in [0.25, 0.3) is 0 Å². The van der Waals surface area contributed by atoms with Gasteiger partial charge in [0.2, 0.25) is 5.95 Å². The highest BCUT2D eigenvalue weighted by Crippen LogP contribution is 2.27. The van der Waals surface area contributed by atoms with Crippen molar-refractivity contribution in [1.82, 2.24) is 9.97 Å². The molecule has 140 valence electrons. The summed E-state index contributed by atoms with van der Waals surface area (Å²) >= 11 is 0. The van der Waals surface area contributed by atoms with Gasteiger partial charge in [0.25, 0.3) is 0 Å². The molecule has 1 aromatic heterocycles. The van der Waals surface area contributed by atoms with Gasteiger partial charge in [-0.3, -0.25) is 0 Å². The van der Waals surface area contributed by atoms with Crippen LogP contribution in [0.3, 0.4) is 0 Å². The van der Waals surface area contributed by atoms with Crippen molar-refractivity contribution in [2.24, 2.45) is 0 Å². The van der Waals surface area contributed by atoms with E-state index >= 15 is 0 Å². The van der Waals surface area contributed by atoms with E-state index in [-0.39, 0.29) is 0 Å². The summed E-state index contributed by atoms with van der Waals surface area (Å²) < 4.78 is 10.6. The summed E-state index contributed by atoms with van der Waals surface area (Å²) in [7, 11) is 3.27. The third kappa shape index (κ3) is 5.10. The Labute approximate surface area is 159 Å². The Morgan fingerprint density at radius 1 is 0.926 bits per heavy atom. The van der Waals surface area contributed by atoms with Crippen molar-refractivity contribution in [3.8, 4) is 11.5 Å². The predicted molar refractivity (Wildman–Crippen MR) is 108 cm³/mol. The Bertz CT molecular complexity index is 882. The van der Waals surface area contributed by atoms with Gasteiger partial charge in [-0.2, -0.15) is 4.98 Å². The highest BCUT2D eigenvalue weighted by Gasteiger charge is 2.05. The molecule has 0 amide bonds. The van der Waals surface area contributed by atoms with E-state index in [4.69, 9.17) is 9.47 Å². The lowest BCUT2D eigenvalue weighted by Gasteiger charge is -2.11. The van der Waals surface area contributed by atoms with Gasteiger partial charge in [-0.1, -0.05) is 23.8 Å². The molecule has 0 aliphatic carbocycles. The molecule has 27 heavy (non-hydrogen) atoms. The summed E-state index contributed by atoms with van der Waals surface area (Å²) in [6, 6.07) is 16.0. The lowest BCUT2D eigenvalue weighted by molar-refractivity contribution is 0.354.